The number of amides is 2. The van der Waals surface area contributed by atoms with Crippen molar-refractivity contribution in [1.82, 2.24) is 15.2 Å². The fraction of sp³-hybridized carbons (Fsp3) is 0.459. The van der Waals surface area contributed by atoms with Gasteiger partial charge in [0.2, 0.25) is 0 Å². The number of Topliss-reactive ketones (excluding diaryl/α,β-unsaturated/α-hetero) is 1. The molecule has 1 saturated carbocycles. The fourth-order valence-electron chi connectivity index (χ4n) is 7.54. The molecular formula is C37H45N7O3. The molecule has 4 N–H and O–H groups in total. The summed E-state index contributed by atoms with van der Waals surface area (Å²) in [5.41, 5.74) is 9.07. The number of piperidine rings is 1. The summed E-state index contributed by atoms with van der Waals surface area (Å²) in [7, 11) is 0. The molecule has 3 saturated heterocycles. The molecular weight excluding hydrogens is 590 g/mol. The number of nitrogens with zero attached hydrogens (tertiary/aromatic N) is 4. The van der Waals surface area contributed by atoms with E-state index in [0.717, 1.165) is 70.8 Å². The van der Waals surface area contributed by atoms with Crippen LogP contribution in [0.3, 0.4) is 0 Å². The Kier molecular flexibility index (Phi) is 9.11. The maximum Gasteiger partial charge on any atom is 0.251 e. The number of ketones is 1. The molecule has 4 aliphatic rings. The summed E-state index contributed by atoms with van der Waals surface area (Å²) in [5, 5.41) is 6.58. The van der Waals surface area contributed by atoms with E-state index in [1.54, 1.807) is 24.4 Å². The van der Waals surface area contributed by atoms with Crippen LogP contribution in [0, 0.1) is 5.92 Å². The van der Waals surface area contributed by atoms with Crippen molar-refractivity contribution in [3.8, 4) is 0 Å². The Balaban J connectivity index is 0.901. The monoisotopic (exact) mass is 635 g/mol. The molecule has 2 bridgehead atoms. The van der Waals surface area contributed by atoms with E-state index >= 15 is 0 Å². The molecule has 246 valence electrons. The number of anilines is 3. The molecule has 10 heteroatoms. The van der Waals surface area contributed by atoms with Gasteiger partial charge in [0, 0.05) is 92.5 Å². The Morgan fingerprint density at radius 2 is 1.57 bits per heavy atom. The van der Waals surface area contributed by atoms with Crippen molar-refractivity contribution in [3.05, 3.63) is 83.6 Å². The first-order chi connectivity index (χ1) is 22.9. The molecule has 2 aromatic carbocycles. The molecule has 4 fully saturated rings. The molecule has 7 rings (SSSR count). The Morgan fingerprint density at radius 1 is 0.851 bits per heavy atom. The second kappa shape index (κ2) is 13.7. The van der Waals surface area contributed by atoms with Crippen LogP contribution in [-0.4, -0.2) is 84.9 Å². The topological polar surface area (TPSA) is 124 Å². The molecule has 3 aromatic rings. The number of nitrogens with two attached hydrogens (primary N) is 1. The second-order valence-electron chi connectivity index (χ2n) is 13.6. The predicted octanol–water partition coefficient (Wildman–Crippen LogP) is 4.33. The van der Waals surface area contributed by atoms with E-state index < -0.39 is 5.91 Å². The smallest absolute Gasteiger partial charge is 0.251 e. The number of fused-ring (bicyclic) bond motifs is 2. The van der Waals surface area contributed by atoms with E-state index in [-0.39, 0.29) is 29.8 Å². The highest BCUT2D eigenvalue weighted by Crippen LogP contribution is 2.39. The lowest BCUT2D eigenvalue weighted by Gasteiger charge is -2.40. The largest absolute Gasteiger partial charge is 0.384 e. The Hall–Kier alpha value is -4.44. The minimum Gasteiger partial charge on any atom is -0.384 e. The predicted molar refractivity (Wildman–Crippen MR) is 184 cm³/mol. The van der Waals surface area contributed by atoms with Gasteiger partial charge in [-0.05, 0) is 86.9 Å². The van der Waals surface area contributed by atoms with E-state index in [0.29, 0.717) is 34.7 Å². The maximum absolute atomic E-state index is 13.3. The second-order valence-corrected chi connectivity index (χ2v) is 13.6. The molecule has 3 aliphatic heterocycles. The molecule has 4 heterocycles. The molecule has 2 amide bonds. The maximum atomic E-state index is 13.3. The molecule has 1 aliphatic carbocycles. The normalized spacial score (nSPS) is 22.6. The highest BCUT2D eigenvalue weighted by Gasteiger charge is 2.42. The summed E-state index contributed by atoms with van der Waals surface area (Å²) in [6.45, 7) is 5.40. The van der Waals surface area contributed by atoms with Crippen molar-refractivity contribution in [2.24, 2.45) is 11.7 Å². The number of hydrogen-bond donors (Lipinski definition) is 3. The van der Waals surface area contributed by atoms with E-state index in [2.05, 4.69) is 49.6 Å². The van der Waals surface area contributed by atoms with Crippen molar-refractivity contribution in [1.29, 1.82) is 0 Å². The number of carbonyl (C=O) groups is 3. The molecule has 0 spiro atoms. The summed E-state index contributed by atoms with van der Waals surface area (Å²) < 4.78 is 0. The van der Waals surface area contributed by atoms with Crippen LogP contribution in [0.1, 0.15) is 76.0 Å². The third-order valence-electron chi connectivity index (χ3n) is 10.4. The number of aromatic nitrogens is 1. The van der Waals surface area contributed by atoms with Crippen LogP contribution in [0.25, 0.3) is 0 Å². The van der Waals surface area contributed by atoms with Crippen LogP contribution in [0.15, 0.2) is 66.9 Å². The molecule has 1 aromatic heterocycles. The number of piperazine rings is 1. The lowest BCUT2D eigenvalue weighted by Crippen LogP contribution is -2.50. The van der Waals surface area contributed by atoms with Gasteiger partial charge in [-0.15, -0.1) is 0 Å². The minimum atomic E-state index is -0.501. The van der Waals surface area contributed by atoms with Crippen LogP contribution in [0.5, 0.6) is 0 Å². The van der Waals surface area contributed by atoms with Crippen LogP contribution in [0.4, 0.5) is 17.2 Å². The van der Waals surface area contributed by atoms with E-state index in [1.165, 1.54) is 18.5 Å². The molecule has 47 heavy (non-hydrogen) atoms. The third-order valence-corrected chi connectivity index (χ3v) is 10.4. The van der Waals surface area contributed by atoms with E-state index in [4.69, 9.17) is 10.7 Å². The molecule has 3 atom stereocenters. The van der Waals surface area contributed by atoms with Crippen molar-refractivity contribution in [3.63, 3.8) is 0 Å². The summed E-state index contributed by atoms with van der Waals surface area (Å²) in [6, 6.07) is 20.1. The lowest BCUT2D eigenvalue weighted by molar-refractivity contribution is 0.0924. The number of carbonyl (C=O) groups excluding carboxylic acids is 3. The van der Waals surface area contributed by atoms with Crippen LogP contribution in [0.2, 0.25) is 0 Å². The first-order valence-corrected chi connectivity index (χ1v) is 17.2. The number of primary amides is 1. The van der Waals surface area contributed by atoms with Crippen molar-refractivity contribution >= 4 is 34.8 Å². The van der Waals surface area contributed by atoms with Crippen LogP contribution >= 0.6 is 0 Å². The molecule has 0 unspecified atom stereocenters. The van der Waals surface area contributed by atoms with Gasteiger partial charge in [-0.1, -0.05) is 18.2 Å². The van der Waals surface area contributed by atoms with Gasteiger partial charge in [-0.2, -0.15) is 0 Å². The van der Waals surface area contributed by atoms with Crippen molar-refractivity contribution in [2.45, 2.75) is 63.1 Å². The van der Waals surface area contributed by atoms with Gasteiger partial charge >= 0.3 is 0 Å². The molecule has 10 nitrogen and oxygen atoms in total. The van der Waals surface area contributed by atoms with Gasteiger partial charge in [0.25, 0.3) is 11.8 Å². The first-order valence-electron chi connectivity index (χ1n) is 17.2. The van der Waals surface area contributed by atoms with Gasteiger partial charge in [0.05, 0.1) is 5.56 Å². The quantitative estimate of drug-likeness (QED) is 0.252. The van der Waals surface area contributed by atoms with Gasteiger partial charge < -0.3 is 26.2 Å². The summed E-state index contributed by atoms with van der Waals surface area (Å²) >= 11 is 0. The highest BCUT2D eigenvalue weighted by atomic mass is 16.2. The Bertz CT molecular complexity index is 1570. The zero-order valence-electron chi connectivity index (χ0n) is 26.9. The number of pyridine rings is 1. The number of para-hydroxylation sites is 1. The zero-order valence-corrected chi connectivity index (χ0v) is 26.9. The summed E-state index contributed by atoms with van der Waals surface area (Å²) in [6.07, 6.45) is 8.40. The number of hydrogen-bond acceptors (Lipinski definition) is 8. The first kappa shape index (κ1) is 31.2. The van der Waals surface area contributed by atoms with Gasteiger partial charge in [0.1, 0.15) is 5.82 Å². The third kappa shape index (κ3) is 7.27. The Morgan fingerprint density at radius 3 is 2.23 bits per heavy atom. The SMILES string of the molecule is NC(=O)c1ccc(C(=O)N[C@H]2C[C@H]3CC[C@@H](C2)N3c2ccc(C(=O)CCN3CCN(c4ccccc4)CC3)cn2)cc1NCC1CC1. The van der Waals surface area contributed by atoms with Crippen LogP contribution < -0.4 is 26.2 Å². The number of nitrogens with one attached hydrogen (secondary N) is 2. The highest BCUT2D eigenvalue weighted by molar-refractivity contribution is 6.02. The van der Waals surface area contributed by atoms with Crippen molar-refractivity contribution in [2.75, 3.05) is 54.4 Å². The zero-order chi connectivity index (χ0) is 32.3. The number of rotatable bonds is 12. The molecule has 0 radical (unpaired) electrons. The summed E-state index contributed by atoms with van der Waals surface area (Å²) in [5.74, 6) is 1.03. The summed E-state index contributed by atoms with van der Waals surface area (Å²) in [4.78, 5) is 50.2. The van der Waals surface area contributed by atoms with E-state index in [9.17, 15) is 14.4 Å². The van der Waals surface area contributed by atoms with Gasteiger partial charge in [0.15, 0.2) is 5.78 Å². The Labute approximate surface area is 276 Å². The standard InChI is InChI=1S/C37H45N7O3/c38-36(46)32-12-8-26(20-33(32)39-23-25-6-7-25)37(47)41-28-21-30-10-11-31(22-28)44(30)35-13-9-27(24-40-35)34(45)14-15-42-16-18-43(19-17-42)29-4-2-1-3-5-29/h1-5,8-9,12-13,20,24-25,28,30-31,39H,6-7,10-11,14-19,21-23H2,(H2,38,46)(H,41,47)/t28-,30+,31-. The van der Waals surface area contributed by atoms with Crippen LogP contribution in [-0.2, 0) is 0 Å². The lowest BCUT2D eigenvalue weighted by atomic mass is 9.96. The average Bonchev–Trinajstić information content (AvgIpc) is 3.89. The van der Waals surface area contributed by atoms with E-state index in [1.807, 2.05) is 18.2 Å². The van der Waals surface area contributed by atoms with Gasteiger partial charge in [-0.3, -0.25) is 19.3 Å². The fourth-order valence-corrected chi connectivity index (χ4v) is 7.54. The van der Waals surface area contributed by atoms with Crippen molar-refractivity contribution < 1.29 is 14.4 Å². The number of benzene rings is 2. The van der Waals surface area contributed by atoms with Gasteiger partial charge in [-0.25, -0.2) is 4.98 Å². The average molecular weight is 636 g/mol. The minimum absolute atomic E-state index is 0.0605.